The van der Waals surface area contributed by atoms with Gasteiger partial charge in [0.25, 0.3) is 5.56 Å². The smallest absolute Gasteiger partial charge is 0.272 e. The lowest BCUT2D eigenvalue weighted by atomic mass is 9.95. The molecule has 4 aromatic rings. The van der Waals surface area contributed by atoms with E-state index in [0.29, 0.717) is 29.3 Å². The van der Waals surface area contributed by atoms with Crippen molar-refractivity contribution in [2.24, 2.45) is 0 Å². The average Bonchev–Trinajstić information content (AvgIpc) is 2.83. The lowest BCUT2D eigenvalue weighted by Gasteiger charge is -2.30. The van der Waals surface area contributed by atoms with E-state index in [2.05, 4.69) is 10.1 Å². The van der Waals surface area contributed by atoms with Gasteiger partial charge in [-0.3, -0.25) is 4.79 Å². The van der Waals surface area contributed by atoms with Gasteiger partial charge in [-0.15, -0.1) is 0 Å². The summed E-state index contributed by atoms with van der Waals surface area (Å²) in [5.41, 5.74) is 5.38. The summed E-state index contributed by atoms with van der Waals surface area (Å²) in [6.45, 7) is 6.06. The zero-order valence-electron chi connectivity index (χ0n) is 19.2. The first-order valence-corrected chi connectivity index (χ1v) is 11.6. The molecule has 1 N–H and O–H groups in total. The number of hydrogen-bond acceptors (Lipinski definition) is 6. The van der Waals surface area contributed by atoms with E-state index in [1.54, 1.807) is 18.3 Å². The fraction of sp³-hybridized carbons (Fsp3) is 0.308. The van der Waals surface area contributed by atoms with Gasteiger partial charge in [-0.1, -0.05) is 23.7 Å². The summed E-state index contributed by atoms with van der Waals surface area (Å²) in [6.07, 6.45) is 2.70. The van der Waals surface area contributed by atoms with Crippen molar-refractivity contribution in [3.63, 3.8) is 0 Å². The predicted molar refractivity (Wildman–Crippen MR) is 131 cm³/mol. The number of fused-ring (bicyclic) bond motifs is 1. The number of rotatable bonds is 3. The SMILES string of the molecule is Cc1cc(O)ccc1-c1c(C)nn(C2CCC(c3ccc4ccnc(Cl)c4n3)CO2)c(=O)c1C. The number of nitrogens with zero attached hydrogens (tertiary/aromatic N) is 4. The van der Waals surface area contributed by atoms with Crippen LogP contribution in [0.4, 0.5) is 0 Å². The quantitative estimate of drug-likeness (QED) is 0.407. The molecule has 2 unspecified atom stereocenters. The highest BCUT2D eigenvalue weighted by Gasteiger charge is 2.28. The van der Waals surface area contributed by atoms with Crippen molar-refractivity contribution in [2.75, 3.05) is 6.61 Å². The molecule has 174 valence electrons. The van der Waals surface area contributed by atoms with E-state index >= 15 is 0 Å². The summed E-state index contributed by atoms with van der Waals surface area (Å²) >= 11 is 6.23. The second-order valence-corrected chi connectivity index (χ2v) is 9.16. The molecule has 7 nitrogen and oxygen atoms in total. The van der Waals surface area contributed by atoms with Gasteiger partial charge in [0, 0.05) is 34.3 Å². The van der Waals surface area contributed by atoms with Crippen LogP contribution in [0.2, 0.25) is 5.15 Å². The van der Waals surface area contributed by atoms with Crippen LogP contribution in [0.1, 0.15) is 47.5 Å². The fourth-order valence-corrected chi connectivity index (χ4v) is 4.96. The van der Waals surface area contributed by atoms with Crippen molar-refractivity contribution in [3.8, 4) is 16.9 Å². The van der Waals surface area contributed by atoms with Gasteiger partial charge in [0.05, 0.1) is 12.3 Å². The van der Waals surface area contributed by atoms with Crippen molar-refractivity contribution in [3.05, 3.63) is 80.6 Å². The Bertz CT molecular complexity index is 1460. The van der Waals surface area contributed by atoms with E-state index < -0.39 is 6.23 Å². The molecule has 1 fully saturated rings. The number of phenols is 1. The maximum Gasteiger partial charge on any atom is 0.272 e. The van der Waals surface area contributed by atoms with Gasteiger partial charge in [-0.05, 0) is 69.0 Å². The van der Waals surface area contributed by atoms with Gasteiger partial charge in [-0.2, -0.15) is 5.10 Å². The van der Waals surface area contributed by atoms with Gasteiger partial charge in [0.2, 0.25) is 0 Å². The van der Waals surface area contributed by atoms with Gasteiger partial charge in [0.15, 0.2) is 11.4 Å². The molecular formula is C26H25ClN4O3. The van der Waals surface area contributed by atoms with Gasteiger partial charge in [-0.25, -0.2) is 14.6 Å². The maximum absolute atomic E-state index is 13.3. The first kappa shape index (κ1) is 22.5. The number of halogens is 1. The monoisotopic (exact) mass is 476 g/mol. The normalized spacial score (nSPS) is 18.4. The molecule has 4 heterocycles. The molecule has 5 rings (SSSR count). The summed E-state index contributed by atoms with van der Waals surface area (Å²) in [6, 6.07) is 11.0. The predicted octanol–water partition coefficient (Wildman–Crippen LogP) is 5.23. The Labute approximate surface area is 202 Å². The first-order chi connectivity index (χ1) is 16.3. The van der Waals surface area contributed by atoms with Crippen molar-refractivity contribution < 1.29 is 9.84 Å². The molecular weight excluding hydrogens is 452 g/mol. The maximum atomic E-state index is 13.3. The van der Waals surface area contributed by atoms with Crippen molar-refractivity contribution in [2.45, 2.75) is 45.8 Å². The Morgan fingerprint density at radius 2 is 1.94 bits per heavy atom. The van der Waals surface area contributed by atoms with Gasteiger partial charge in [0.1, 0.15) is 11.3 Å². The summed E-state index contributed by atoms with van der Waals surface area (Å²) in [5.74, 6) is 0.302. The number of pyridine rings is 2. The molecule has 2 atom stereocenters. The fourth-order valence-electron chi connectivity index (χ4n) is 4.75. The standard InChI is InChI=1S/C26H25ClN4O3/c1-14-12-19(32)6-7-20(14)23-15(2)26(33)31(30-16(23)3)22-9-5-18(13-34-22)21-8-4-17-10-11-28-25(27)24(17)29-21/h4,6-8,10-12,18,22,32H,5,9,13H2,1-3H3. The number of hydrogen-bond donors (Lipinski definition) is 1. The van der Waals surface area contributed by atoms with Gasteiger partial charge >= 0.3 is 0 Å². The molecule has 0 spiro atoms. The van der Waals surface area contributed by atoms with Crippen LogP contribution in [-0.2, 0) is 4.74 Å². The van der Waals surface area contributed by atoms with Crippen molar-refractivity contribution in [1.29, 1.82) is 0 Å². The number of aromatic nitrogens is 4. The largest absolute Gasteiger partial charge is 0.508 e. The summed E-state index contributed by atoms with van der Waals surface area (Å²) in [5, 5.41) is 15.7. The van der Waals surface area contributed by atoms with Crippen molar-refractivity contribution >= 4 is 22.5 Å². The van der Waals surface area contributed by atoms with Crippen LogP contribution in [0.3, 0.4) is 0 Å². The van der Waals surface area contributed by atoms with Crippen LogP contribution >= 0.6 is 11.6 Å². The molecule has 1 aliphatic heterocycles. The number of aryl methyl sites for hydroxylation is 2. The second-order valence-electron chi connectivity index (χ2n) is 8.81. The molecule has 1 saturated heterocycles. The number of aromatic hydroxyl groups is 1. The molecule has 1 aromatic carbocycles. The molecule has 34 heavy (non-hydrogen) atoms. The molecule has 3 aromatic heterocycles. The molecule has 0 amide bonds. The van der Waals surface area contributed by atoms with Crippen LogP contribution in [0.5, 0.6) is 5.75 Å². The third-order valence-electron chi connectivity index (χ3n) is 6.53. The van der Waals surface area contributed by atoms with E-state index in [0.717, 1.165) is 39.9 Å². The Hall–Kier alpha value is -3.29. The highest BCUT2D eigenvalue weighted by Crippen LogP contribution is 2.34. The summed E-state index contributed by atoms with van der Waals surface area (Å²) < 4.78 is 7.60. The van der Waals surface area contributed by atoms with E-state index in [1.165, 1.54) is 4.68 Å². The molecule has 0 radical (unpaired) electrons. The van der Waals surface area contributed by atoms with Crippen LogP contribution in [0, 0.1) is 20.8 Å². The zero-order chi connectivity index (χ0) is 24.0. The number of phenolic OH excluding ortho intramolecular Hbond substituents is 1. The zero-order valence-corrected chi connectivity index (χ0v) is 20.0. The van der Waals surface area contributed by atoms with Crippen LogP contribution in [0.15, 0.2) is 47.4 Å². The highest BCUT2D eigenvalue weighted by atomic mass is 35.5. The Morgan fingerprint density at radius 3 is 2.68 bits per heavy atom. The van der Waals surface area contributed by atoms with Crippen LogP contribution in [-0.4, -0.2) is 31.5 Å². The first-order valence-electron chi connectivity index (χ1n) is 11.3. The van der Waals surface area contributed by atoms with E-state index in [-0.39, 0.29) is 17.2 Å². The minimum absolute atomic E-state index is 0.105. The molecule has 1 aliphatic rings. The second kappa shape index (κ2) is 8.81. The van der Waals surface area contributed by atoms with Gasteiger partial charge < -0.3 is 9.84 Å². The highest BCUT2D eigenvalue weighted by molar-refractivity contribution is 6.33. The summed E-state index contributed by atoms with van der Waals surface area (Å²) in [4.78, 5) is 22.1. The molecule has 0 bridgehead atoms. The molecule has 0 saturated carbocycles. The molecule has 8 heteroatoms. The average molecular weight is 477 g/mol. The minimum Gasteiger partial charge on any atom is -0.508 e. The topological polar surface area (TPSA) is 90.1 Å². The third-order valence-corrected chi connectivity index (χ3v) is 6.81. The number of benzene rings is 1. The number of ether oxygens (including phenoxy) is 1. The van der Waals surface area contributed by atoms with Crippen LogP contribution in [0.25, 0.3) is 22.0 Å². The summed E-state index contributed by atoms with van der Waals surface area (Å²) in [7, 11) is 0. The van der Waals surface area contributed by atoms with E-state index in [1.807, 2.05) is 45.0 Å². The Balaban J connectivity index is 1.40. The lowest BCUT2D eigenvalue weighted by molar-refractivity contribution is -0.0531. The molecule has 0 aliphatic carbocycles. The van der Waals surface area contributed by atoms with E-state index in [4.69, 9.17) is 21.3 Å². The minimum atomic E-state index is -0.429. The Morgan fingerprint density at radius 1 is 1.12 bits per heavy atom. The van der Waals surface area contributed by atoms with Crippen molar-refractivity contribution in [1.82, 2.24) is 19.7 Å². The third kappa shape index (κ3) is 3.95. The van der Waals surface area contributed by atoms with E-state index in [9.17, 15) is 9.90 Å². The van der Waals surface area contributed by atoms with Crippen LogP contribution < -0.4 is 5.56 Å². The lowest BCUT2D eigenvalue weighted by Crippen LogP contribution is -2.35. The Kier molecular flexibility index (Phi) is 5.83.